The second kappa shape index (κ2) is 9.88. The first-order valence-electron chi connectivity index (χ1n) is 10.4. The molecular formula is C22H24ClN7O2. The molecule has 1 N–H and O–H groups in total. The largest absolute Gasteiger partial charge is 0.404 e. The number of ether oxygens (including phenoxy) is 1. The Balaban J connectivity index is 1.61. The fourth-order valence-electron chi connectivity index (χ4n) is 3.21. The van der Waals surface area contributed by atoms with Crippen LogP contribution in [-0.2, 0) is 6.42 Å². The molecule has 0 aliphatic carbocycles. The minimum Gasteiger partial charge on any atom is -0.404 e. The molecule has 1 fully saturated rings. The van der Waals surface area contributed by atoms with Gasteiger partial charge in [0.05, 0.1) is 0 Å². The van der Waals surface area contributed by atoms with Gasteiger partial charge in [0.2, 0.25) is 11.8 Å². The van der Waals surface area contributed by atoms with Crippen LogP contribution in [0.1, 0.15) is 23.1 Å². The summed E-state index contributed by atoms with van der Waals surface area (Å²) in [5, 5.41) is 3.02. The van der Waals surface area contributed by atoms with Crippen molar-refractivity contribution in [2.75, 3.05) is 43.4 Å². The second-order valence-electron chi connectivity index (χ2n) is 7.39. The molecule has 3 aromatic rings. The highest BCUT2D eigenvalue weighted by Crippen LogP contribution is 2.25. The Hall–Kier alpha value is -3.30. The lowest BCUT2D eigenvalue weighted by Gasteiger charge is -2.32. The van der Waals surface area contributed by atoms with E-state index in [1.807, 2.05) is 25.1 Å². The molecule has 3 heterocycles. The Morgan fingerprint density at radius 1 is 1.03 bits per heavy atom. The Labute approximate surface area is 191 Å². The topological polar surface area (TPSA) is 96.4 Å². The second-order valence-corrected chi connectivity index (χ2v) is 7.77. The van der Waals surface area contributed by atoms with Crippen LogP contribution in [-0.4, -0.2) is 64.0 Å². The van der Waals surface area contributed by atoms with E-state index in [2.05, 4.69) is 42.1 Å². The average Bonchev–Trinajstić information content (AvgIpc) is 2.80. The summed E-state index contributed by atoms with van der Waals surface area (Å²) in [5.74, 6) is 0.807. The zero-order chi connectivity index (χ0) is 22.5. The van der Waals surface area contributed by atoms with Crippen molar-refractivity contribution in [3.63, 3.8) is 0 Å². The zero-order valence-corrected chi connectivity index (χ0v) is 18.7. The summed E-state index contributed by atoms with van der Waals surface area (Å²) in [5.41, 5.74) is 0.877. The monoisotopic (exact) mass is 453 g/mol. The summed E-state index contributed by atoms with van der Waals surface area (Å²) in [7, 11) is 2.09. The van der Waals surface area contributed by atoms with E-state index in [0.29, 0.717) is 23.9 Å². The number of aromatic nitrogens is 4. The fourth-order valence-corrected chi connectivity index (χ4v) is 3.35. The summed E-state index contributed by atoms with van der Waals surface area (Å²) in [6.45, 7) is 5.42. The Bertz CT molecular complexity index is 1090. The van der Waals surface area contributed by atoms with Crippen LogP contribution in [0.4, 0.5) is 11.6 Å². The highest BCUT2D eigenvalue weighted by atomic mass is 35.5. The van der Waals surface area contributed by atoms with Crippen molar-refractivity contribution in [2.24, 2.45) is 0 Å². The molecule has 1 aliphatic rings. The third-order valence-corrected chi connectivity index (χ3v) is 5.25. The molecule has 1 aliphatic heterocycles. The minimum atomic E-state index is -0.376. The van der Waals surface area contributed by atoms with Gasteiger partial charge in [-0.05, 0) is 31.3 Å². The number of halogens is 1. The smallest absolute Gasteiger partial charge is 0.328 e. The van der Waals surface area contributed by atoms with Crippen molar-refractivity contribution in [1.29, 1.82) is 0 Å². The van der Waals surface area contributed by atoms with Crippen LogP contribution >= 0.6 is 11.6 Å². The van der Waals surface area contributed by atoms with Crippen molar-refractivity contribution >= 4 is 29.1 Å². The van der Waals surface area contributed by atoms with E-state index in [0.717, 1.165) is 26.2 Å². The van der Waals surface area contributed by atoms with Crippen molar-refractivity contribution < 1.29 is 9.53 Å². The molecule has 32 heavy (non-hydrogen) atoms. The minimum absolute atomic E-state index is 0.0310. The van der Waals surface area contributed by atoms with E-state index in [9.17, 15) is 4.79 Å². The quantitative estimate of drug-likeness (QED) is 0.568. The molecule has 2 aromatic heterocycles. The van der Waals surface area contributed by atoms with Crippen molar-refractivity contribution in [2.45, 2.75) is 13.3 Å². The van der Waals surface area contributed by atoms with Crippen LogP contribution in [0, 0.1) is 0 Å². The number of hydrogen-bond donors (Lipinski definition) is 1. The van der Waals surface area contributed by atoms with Gasteiger partial charge < -0.3 is 19.9 Å². The Kier molecular flexibility index (Phi) is 6.77. The van der Waals surface area contributed by atoms with Crippen LogP contribution in [0.3, 0.4) is 0 Å². The predicted molar refractivity (Wildman–Crippen MR) is 123 cm³/mol. The van der Waals surface area contributed by atoms with Gasteiger partial charge in [-0.2, -0.15) is 15.0 Å². The number of hydrogen-bond acceptors (Lipinski definition) is 8. The number of nitrogens with one attached hydrogen (secondary N) is 1. The summed E-state index contributed by atoms with van der Waals surface area (Å²) in [6.07, 6.45) is 0.615. The molecular weight excluding hydrogens is 430 g/mol. The van der Waals surface area contributed by atoms with Gasteiger partial charge >= 0.3 is 6.01 Å². The molecule has 4 rings (SSSR count). The van der Waals surface area contributed by atoms with E-state index < -0.39 is 0 Å². The summed E-state index contributed by atoms with van der Waals surface area (Å²) < 4.78 is 5.89. The Morgan fingerprint density at radius 2 is 1.78 bits per heavy atom. The van der Waals surface area contributed by atoms with Gasteiger partial charge in [-0.1, -0.05) is 36.7 Å². The van der Waals surface area contributed by atoms with E-state index in [1.165, 1.54) is 6.07 Å². The normalized spacial score (nSPS) is 14.3. The van der Waals surface area contributed by atoms with E-state index in [4.69, 9.17) is 16.3 Å². The maximum Gasteiger partial charge on any atom is 0.328 e. The van der Waals surface area contributed by atoms with Gasteiger partial charge in [-0.3, -0.25) is 4.79 Å². The number of benzene rings is 1. The summed E-state index contributed by atoms with van der Waals surface area (Å²) in [4.78, 5) is 34.8. The fraction of sp³-hybridized carbons (Fsp3) is 0.318. The number of likely N-dealkylation sites (N-methyl/N-ethyl adjacent to an activating group) is 1. The van der Waals surface area contributed by atoms with E-state index in [-0.39, 0.29) is 28.5 Å². The van der Waals surface area contributed by atoms with Crippen LogP contribution in [0.15, 0.2) is 42.5 Å². The van der Waals surface area contributed by atoms with Crippen LogP contribution in [0.5, 0.6) is 11.9 Å². The summed E-state index contributed by atoms with van der Waals surface area (Å²) >= 11 is 6.08. The van der Waals surface area contributed by atoms with Gasteiger partial charge in [0.15, 0.2) is 0 Å². The molecule has 1 saturated heterocycles. The first kappa shape index (κ1) is 21.9. The molecule has 0 radical (unpaired) electrons. The van der Waals surface area contributed by atoms with E-state index >= 15 is 0 Å². The number of aryl methyl sites for hydroxylation is 1. The number of anilines is 2. The highest BCUT2D eigenvalue weighted by molar-refractivity contribution is 6.29. The lowest BCUT2D eigenvalue weighted by Crippen LogP contribution is -2.45. The number of pyridine rings is 1. The average molecular weight is 454 g/mol. The SMILES string of the molecule is CCc1nc(Oc2nc(Cl)ccc2C(=O)Nc2ccccc2)nc(N2CCN(C)CC2)n1. The number of piperazine rings is 1. The first-order chi connectivity index (χ1) is 15.5. The zero-order valence-electron chi connectivity index (χ0n) is 18.0. The molecule has 0 unspecified atom stereocenters. The Morgan fingerprint density at radius 3 is 2.50 bits per heavy atom. The van der Waals surface area contributed by atoms with E-state index in [1.54, 1.807) is 18.2 Å². The molecule has 166 valence electrons. The number of rotatable bonds is 6. The van der Waals surface area contributed by atoms with Crippen LogP contribution in [0.2, 0.25) is 5.15 Å². The lowest BCUT2D eigenvalue weighted by molar-refractivity contribution is 0.102. The molecule has 0 saturated carbocycles. The molecule has 9 nitrogen and oxygen atoms in total. The van der Waals surface area contributed by atoms with Crippen molar-refractivity contribution in [1.82, 2.24) is 24.8 Å². The van der Waals surface area contributed by atoms with Crippen LogP contribution in [0.25, 0.3) is 0 Å². The van der Waals surface area contributed by atoms with Crippen LogP contribution < -0.4 is 15.0 Å². The van der Waals surface area contributed by atoms with Gasteiger partial charge in [0.25, 0.3) is 5.91 Å². The number of para-hydroxylation sites is 1. The predicted octanol–water partition coefficient (Wildman–Crippen LogP) is 3.28. The third-order valence-electron chi connectivity index (χ3n) is 5.04. The lowest BCUT2D eigenvalue weighted by atomic mass is 10.2. The molecule has 0 atom stereocenters. The molecule has 0 bridgehead atoms. The molecule has 0 spiro atoms. The number of amides is 1. The maximum atomic E-state index is 12.9. The number of nitrogens with zero attached hydrogens (tertiary/aromatic N) is 6. The number of carbonyl (C=O) groups is 1. The van der Waals surface area contributed by atoms with Gasteiger partial charge in [0, 0.05) is 38.3 Å². The first-order valence-corrected chi connectivity index (χ1v) is 10.8. The molecule has 1 amide bonds. The van der Waals surface area contributed by atoms with Crippen molar-refractivity contribution in [3.05, 3.63) is 59.0 Å². The molecule has 10 heteroatoms. The number of carbonyl (C=O) groups excluding carboxylic acids is 1. The van der Waals surface area contributed by atoms with Gasteiger partial charge in [-0.25, -0.2) is 4.98 Å². The third kappa shape index (κ3) is 5.30. The molecule has 1 aromatic carbocycles. The summed E-state index contributed by atoms with van der Waals surface area (Å²) in [6, 6.07) is 12.3. The standard InChI is InChI=1S/C22H24ClN7O2/c1-3-18-26-21(30-13-11-29(2)12-14-30)28-22(27-18)32-20-16(9-10-17(23)25-20)19(31)24-15-7-5-4-6-8-15/h4-10H,3,11-14H2,1-2H3,(H,24,31). The van der Waals surface area contributed by atoms with Gasteiger partial charge in [0.1, 0.15) is 16.5 Å². The van der Waals surface area contributed by atoms with Gasteiger partial charge in [-0.15, -0.1) is 0 Å². The highest BCUT2D eigenvalue weighted by Gasteiger charge is 2.21. The maximum absolute atomic E-state index is 12.9. The van der Waals surface area contributed by atoms with Crippen molar-refractivity contribution in [3.8, 4) is 11.9 Å².